The molecule has 0 bridgehead atoms. The number of fused-ring (bicyclic) bond motifs is 1. The first-order valence-corrected chi connectivity index (χ1v) is 7.65. The van der Waals surface area contributed by atoms with Gasteiger partial charge in [-0.2, -0.15) is 0 Å². The highest BCUT2D eigenvalue weighted by Gasteiger charge is 2.25. The maximum Gasteiger partial charge on any atom is 0.224 e. The second kappa shape index (κ2) is 6.24. The minimum absolute atomic E-state index is 0.358. The van der Waals surface area contributed by atoms with Crippen molar-refractivity contribution >= 4 is 17.4 Å². The first-order chi connectivity index (χ1) is 9.78. The van der Waals surface area contributed by atoms with E-state index in [1.165, 1.54) is 18.4 Å². The van der Waals surface area contributed by atoms with E-state index in [0.29, 0.717) is 11.2 Å². The molecule has 20 heavy (non-hydrogen) atoms. The molecular formula is C14H21ClN4O. The number of hydrogen-bond donors (Lipinski definition) is 1. The van der Waals surface area contributed by atoms with Crippen molar-refractivity contribution in [2.75, 3.05) is 38.3 Å². The van der Waals surface area contributed by atoms with E-state index in [1.54, 1.807) is 7.11 Å². The van der Waals surface area contributed by atoms with Crippen molar-refractivity contribution in [3.8, 4) is 0 Å². The van der Waals surface area contributed by atoms with E-state index in [0.717, 1.165) is 50.7 Å². The lowest BCUT2D eigenvalue weighted by Crippen LogP contribution is -2.39. The fourth-order valence-electron chi connectivity index (χ4n) is 3.20. The molecule has 2 aliphatic heterocycles. The third-order valence-corrected chi connectivity index (χ3v) is 4.28. The predicted molar refractivity (Wildman–Crippen MR) is 79.3 cm³/mol. The Morgan fingerprint density at radius 3 is 3.20 bits per heavy atom. The van der Waals surface area contributed by atoms with Crippen molar-refractivity contribution in [3.63, 3.8) is 0 Å². The number of methoxy groups -OCH3 is 1. The van der Waals surface area contributed by atoms with Gasteiger partial charge in [-0.1, -0.05) is 0 Å². The molecule has 1 unspecified atom stereocenters. The molecule has 2 aliphatic rings. The second-order valence-electron chi connectivity index (χ2n) is 5.58. The van der Waals surface area contributed by atoms with E-state index in [1.807, 2.05) is 0 Å². The van der Waals surface area contributed by atoms with Gasteiger partial charge in [0.25, 0.3) is 0 Å². The fraction of sp³-hybridized carbons (Fsp3) is 0.714. The zero-order valence-electron chi connectivity index (χ0n) is 11.9. The fourth-order valence-corrected chi connectivity index (χ4v) is 3.38. The number of halogens is 1. The third kappa shape index (κ3) is 2.90. The highest BCUT2D eigenvalue weighted by molar-refractivity contribution is 6.28. The summed E-state index contributed by atoms with van der Waals surface area (Å²) in [5, 5.41) is 3.70. The van der Waals surface area contributed by atoms with Gasteiger partial charge in [-0.25, -0.2) is 9.97 Å². The number of rotatable bonds is 3. The molecule has 1 aromatic rings. The van der Waals surface area contributed by atoms with Gasteiger partial charge in [0.2, 0.25) is 5.28 Å². The van der Waals surface area contributed by atoms with Crippen molar-refractivity contribution in [1.29, 1.82) is 0 Å². The lowest BCUT2D eigenvalue weighted by atomic mass is 9.97. The van der Waals surface area contributed by atoms with Crippen LogP contribution in [-0.4, -0.2) is 43.3 Å². The van der Waals surface area contributed by atoms with Crippen molar-refractivity contribution in [3.05, 3.63) is 16.5 Å². The lowest BCUT2D eigenvalue weighted by molar-refractivity contribution is 0.143. The first-order valence-electron chi connectivity index (χ1n) is 7.28. The highest BCUT2D eigenvalue weighted by atomic mass is 35.5. The summed E-state index contributed by atoms with van der Waals surface area (Å²) in [7, 11) is 1.77. The zero-order valence-corrected chi connectivity index (χ0v) is 12.6. The molecule has 1 N–H and O–H groups in total. The number of nitrogens with one attached hydrogen (secondary N) is 1. The molecule has 110 valence electrons. The van der Waals surface area contributed by atoms with Gasteiger partial charge in [0.05, 0.1) is 12.3 Å². The van der Waals surface area contributed by atoms with Crippen LogP contribution in [0.5, 0.6) is 0 Å². The average Bonchev–Trinajstić information content (AvgIpc) is 2.47. The summed E-state index contributed by atoms with van der Waals surface area (Å²) in [4.78, 5) is 11.2. The molecular weight excluding hydrogens is 276 g/mol. The molecule has 5 nitrogen and oxygen atoms in total. The van der Waals surface area contributed by atoms with E-state index < -0.39 is 0 Å². The normalized spacial score (nSPS) is 22.7. The Morgan fingerprint density at radius 2 is 2.35 bits per heavy atom. The molecule has 0 aromatic carbocycles. The Bertz CT molecular complexity index is 480. The molecule has 0 radical (unpaired) electrons. The number of nitrogens with zero attached hydrogens (tertiary/aromatic N) is 3. The summed E-state index contributed by atoms with van der Waals surface area (Å²) in [6, 6.07) is 0. The molecule has 0 spiro atoms. The van der Waals surface area contributed by atoms with E-state index in [2.05, 4.69) is 20.2 Å². The van der Waals surface area contributed by atoms with Crippen LogP contribution in [0.4, 0.5) is 5.82 Å². The van der Waals surface area contributed by atoms with Crippen LogP contribution < -0.4 is 10.2 Å². The van der Waals surface area contributed by atoms with Gasteiger partial charge in [0.1, 0.15) is 5.82 Å². The van der Waals surface area contributed by atoms with Crippen LogP contribution in [0, 0.1) is 5.92 Å². The molecule has 0 saturated carbocycles. The zero-order chi connectivity index (χ0) is 13.9. The summed E-state index contributed by atoms with van der Waals surface area (Å²) in [5.41, 5.74) is 2.33. The highest BCUT2D eigenvalue weighted by Crippen LogP contribution is 2.29. The molecule has 3 rings (SSSR count). The lowest BCUT2D eigenvalue weighted by Gasteiger charge is -2.35. The van der Waals surface area contributed by atoms with Crippen molar-refractivity contribution in [1.82, 2.24) is 15.3 Å². The van der Waals surface area contributed by atoms with E-state index in [-0.39, 0.29) is 0 Å². The molecule has 3 heterocycles. The number of aromatic nitrogens is 2. The van der Waals surface area contributed by atoms with Crippen molar-refractivity contribution < 1.29 is 4.74 Å². The molecule has 6 heteroatoms. The van der Waals surface area contributed by atoms with Gasteiger partial charge in [0, 0.05) is 32.3 Å². The Hall–Kier alpha value is -0.910. The maximum atomic E-state index is 6.10. The van der Waals surface area contributed by atoms with Crippen LogP contribution in [0.25, 0.3) is 0 Å². The van der Waals surface area contributed by atoms with Crippen molar-refractivity contribution in [2.45, 2.75) is 25.8 Å². The van der Waals surface area contributed by atoms with Gasteiger partial charge in [-0.3, -0.25) is 0 Å². The SMILES string of the molecule is COCC1CCCN(c2nc(Cl)nc3c2CCNC3)C1. The molecule has 1 saturated heterocycles. The van der Waals surface area contributed by atoms with Crippen LogP contribution >= 0.6 is 11.6 Å². The van der Waals surface area contributed by atoms with Crippen LogP contribution in [0.15, 0.2) is 0 Å². The summed E-state index contributed by atoms with van der Waals surface area (Å²) in [6.07, 6.45) is 3.39. The Morgan fingerprint density at radius 1 is 1.45 bits per heavy atom. The molecule has 0 amide bonds. The Labute approximate surface area is 124 Å². The average molecular weight is 297 g/mol. The minimum atomic E-state index is 0.358. The standard InChI is InChI=1S/C14H21ClN4O/c1-20-9-10-3-2-6-19(8-10)13-11-4-5-16-7-12(11)17-14(15)18-13/h10,16H,2-9H2,1H3. The number of hydrogen-bond acceptors (Lipinski definition) is 5. The molecule has 0 aliphatic carbocycles. The van der Waals surface area contributed by atoms with Crippen LogP contribution in [-0.2, 0) is 17.7 Å². The van der Waals surface area contributed by atoms with Crippen LogP contribution in [0.1, 0.15) is 24.1 Å². The Kier molecular flexibility index (Phi) is 4.38. The first kappa shape index (κ1) is 14.0. The van der Waals surface area contributed by atoms with Gasteiger partial charge in [-0.15, -0.1) is 0 Å². The predicted octanol–water partition coefficient (Wildman–Crippen LogP) is 1.64. The maximum absolute atomic E-state index is 6.10. The van der Waals surface area contributed by atoms with Crippen LogP contribution in [0.2, 0.25) is 5.28 Å². The summed E-state index contributed by atoms with van der Waals surface area (Å²) in [6.45, 7) is 4.65. The van der Waals surface area contributed by atoms with Gasteiger partial charge in [-0.05, 0) is 43.3 Å². The number of ether oxygens (including phenoxy) is 1. The minimum Gasteiger partial charge on any atom is -0.384 e. The van der Waals surface area contributed by atoms with E-state index >= 15 is 0 Å². The summed E-state index contributed by atoms with van der Waals surface area (Å²) < 4.78 is 5.31. The number of anilines is 1. The molecule has 1 aromatic heterocycles. The molecule has 1 fully saturated rings. The quantitative estimate of drug-likeness (QED) is 0.860. The van der Waals surface area contributed by atoms with Gasteiger partial charge >= 0.3 is 0 Å². The summed E-state index contributed by atoms with van der Waals surface area (Å²) >= 11 is 6.10. The second-order valence-corrected chi connectivity index (χ2v) is 5.92. The van der Waals surface area contributed by atoms with Gasteiger partial charge < -0.3 is 15.0 Å². The monoisotopic (exact) mass is 296 g/mol. The van der Waals surface area contributed by atoms with E-state index in [9.17, 15) is 0 Å². The topological polar surface area (TPSA) is 50.3 Å². The summed E-state index contributed by atoms with van der Waals surface area (Å²) in [5.74, 6) is 1.63. The third-order valence-electron chi connectivity index (χ3n) is 4.11. The smallest absolute Gasteiger partial charge is 0.224 e. The molecule has 1 atom stereocenters. The number of piperidine rings is 1. The van der Waals surface area contributed by atoms with Gasteiger partial charge in [0.15, 0.2) is 0 Å². The van der Waals surface area contributed by atoms with Crippen molar-refractivity contribution in [2.24, 2.45) is 5.92 Å². The largest absolute Gasteiger partial charge is 0.384 e. The van der Waals surface area contributed by atoms with E-state index in [4.69, 9.17) is 16.3 Å². The van der Waals surface area contributed by atoms with Crippen LogP contribution in [0.3, 0.4) is 0 Å². The Balaban J connectivity index is 1.87.